The van der Waals surface area contributed by atoms with Gasteiger partial charge in [0, 0.05) is 19.0 Å². The Kier molecular flexibility index (Phi) is 17.1. The maximum absolute atomic E-state index is 13.6. The highest BCUT2D eigenvalue weighted by molar-refractivity contribution is 5.96. The van der Waals surface area contributed by atoms with Crippen LogP contribution in [0.2, 0.25) is 0 Å². The van der Waals surface area contributed by atoms with E-state index >= 15 is 0 Å². The van der Waals surface area contributed by atoms with Gasteiger partial charge in [-0.25, -0.2) is 0 Å². The van der Waals surface area contributed by atoms with Crippen LogP contribution in [0.1, 0.15) is 91.2 Å². The molecule has 3 atom stereocenters. The van der Waals surface area contributed by atoms with Gasteiger partial charge in [-0.2, -0.15) is 0 Å². The molecule has 0 saturated carbocycles. The van der Waals surface area contributed by atoms with E-state index in [0.29, 0.717) is 37.8 Å². The van der Waals surface area contributed by atoms with Gasteiger partial charge < -0.3 is 38.1 Å². The van der Waals surface area contributed by atoms with Gasteiger partial charge in [-0.3, -0.25) is 29.0 Å². The predicted molar refractivity (Wildman–Crippen MR) is 171 cm³/mol. The number of aliphatic imine (C=N–C) groups is 1. The first-order valence-electron chi connectivity index (χ1n) is 15.5. The summed E-state index contributed by atoms with van der Waals surface area (Å²) in [5, 5.41) is 13.8. The molecule has 44 heavy (non-hydrogen) atoms. The van der Waals surface area contributed by atoms with Crippen molar-refractivity contribution in [2.24, 2.45) is 22.4 Å². The van der Waals surface area contributed by atoms with Crippen molar-refractivity contribution in [1.29, 1.82) is 0 Å². The van der Waals surface area contributed by atoms with Gasteiger partial charge in [0.25, 0.3) is 0 Å². The molecule has 0 aromatic heterocycles. The van der Waals surface area contributed by atoms with E-state index in [1.807, 2.05) is 19.9 Å². The average Bonchev–Trinajstić information content (AvgIpc) is 3.00. The number of nitrogens with zero attached hydrogens (tertiary/aromatic N) is 1. The van der Waals surface area contributed by atoms with E-state index in [-0.39, 0.29) is 36.7 Å². The normalized spacial score (nSPS) is 22.4. The predicted octanol–water partition coefficient (Wildman–Crippen LogP) is 1.14. The van der Waals surface area contributed by atoms with Crippen molar-refractivity contribution in [3.8, 4) is 0 Å². The molecule has 1 aliphatic rings. The SMILES string of the molecule is CC.CC(C)C(=O)N[C@]1(C)CCCCCCNC(=O)C(c2ccccc2)NC(=O)CNC(=O)C(CCCN=C(N)N)NC1=O. The third-order valence-electron chi connectivity index (χ3n) is 7.02. The first kappa shape index (κ1) is 37.9. The second-order valence-electron chi connectivity index (χ2n) is 11.0. The van der Waals surface area contributed by atoms with Crippen LogP contribution < -0.4 is 38.1 Å². The van der Waals surface area contributed by atoms with Crippen LogP contribution in [0.25, 0.3) is 0 Å². The van der Waals surface area contributed by atoms with E-state index < -0.39 is 41.9 Å². The number of hydrogen-bond donors (Lipinski definition) is 7. The third kappa shape index (κ3) is 13.4. The molecule has 5 amide bonds. The molecule has 1 aromatic rings. The lowest BCUT2D eigenvalue weighted by atomic mass is 9.91. The van der Waals surface area contributed by atoms with Crippen molar-refractivity contribution in [2.75, 3.05) is 19.6 Å². The molecule has 0 aliphatic carbocycles. The smallest absolute Gasteiger partial charge is 0.247 e. The Morgan fingerprint density at radius 1 is 0.977 bits per heavy atom. The average molecular weight is 617 g/mol. The van der Waals surface area contributed by atoms with E-state index in [2.05, 4.69) is 31.6 Å². The minimum Gasteiger partial charge on any atom is -0.370 e. The molecule has 1 heterocycles. The topological polar surface area (TPSA) is 210 Å². The molecule has 2 unspecified atom stereocenters. The number of carbonyl (C=O) groups is 5. The lowest BCUT2D eigenvalue weighted by Gasteiger charge is -2.32. The second-order valence-corrected chi connectivity index (χ2v) is 11.0. The largest absolute Gasteiger partial charge is 0.370 e. The van der Waals surface area contributed by atoms with E-state index in [9.17, 15) is 24.0 Å². The summed E-state index contributed by atoms with van der Waals surface area (Å²) in [6.07, 6.45) is 3.79. The van der Waals surface area contributed by atoms with Crippen LogP contribution in [0, 0.1) is 5.92 Å². The first-order valence-corrected chi connectivity index (χ1v) is 15.5. The zero-order valence-corrected chi connectivity index (χ0v) is 26.8. The maximum Gasteiger partial charge on any atom is 0.247 e. The molecule has 1 fully saturated rings. The van der Waals surface area contributed by atoms with E-state index in [4.69, 9.17) is 11.5 Å². The van der Waals surface area contributed by atoms with Crippen LogP contribution in [0.4, 0.5) is 0 Å². The lowest BCUT2D eigenvalue weighted by Crippen LogP contribution is -2.61. The number of amides is 5. The molecule has 1 aliphatic heterocycles. The quantitative estimate of drug-likeness (QED) is 0.135. The van der Waals surface area contributed by atoms with Crippen molar-refractivity contribution in [2.45, 2.75) is 97.2 Å². The highest BCUT2D eigenvalue weighted by Gasteiger charge is 2.37. The van der Waals surface area contributed by atoms with Crippen molar-refractivity contribution >= 4 is 35.5 Å². The Morgan fingerprint density at radius 2 is 1.64 bits per heavy atom. The zero-order chi connectivity index (χ0) is 33.1. The van der Waals surface area contributed by atoms with Gasteiger partial charge >= 0.3 is 0 Å². The van der Waals surface area contributed by atoms with E-state index in [0.717, 1.165) is 12.8 Å². The van der Waals surface area contributed by atoms with Crippen LogP contribution in [0.15, 0.2) is 35.3 Å². The van der Waals surface area contributed by atoms with E-state index in [1.54, 1.807) is 45.0 Å². The molecule has 246 valence electrons. The molecule has 1 saturated heterocycles. The highest BCUT2D eigenvalue weighted by Crippen LogP contribution is 2.19. The van der Waals surface area contributed by atoms with Crippen LogP contribution in [-0.2, 0) is 24.0 Å². The maximum atomic E-state index is 13.6. The standard InChI is InChI=1S/C29H46N8O5.C2H6/c1-19(2)24(39)37-29(3)15-9-4-5-10-16-32-26(41)23(20-12-7-6-8-13-20)36-22(38)18-34-25(40)21(35-27(29)42)14-11-17-33-28(30)31;1-2/h6-8,12-13,19,21,23H,4-5,9-11,14-18H2,1-3H3,(H,32,41)(H,34,40)(H,35,42)(H,36,38)(H,37,39)(H4,30,31,33);1-2H3/t21?,23?,29-;/m1./s1. The summed E-state index contributed by atoms with van der Waals surface area (Å²) < 4.78 is 0. The Morgan fingerprint density at radius 3 is 2.27 bits per heavy atom. The second kappa shape index (κ2) is 19.9. The summed E-state index contributed by atoms with van der Waals surface area (Å²) >= 11 is 0. The summed E-state index contributed by atoms with van der Waals surface area (Å²) in [6.45, 7) is 9.35. The van der Waals surface area contributed by atoms with Crippen LogP contribution in [-0.4, -0.2) is 66.7 Å². The highest BCUT2D eigenvalue weighted by atomic mass is 16.2. The minimum atomic E-state index is -1.26. The fourth-order valence-corrected chi connectivity index (χ4v) is 4.46. The summed E-state index contributed by atoms with van der Waals surface area (Å²) in [4.78, 5) is 69.2. The Bertz CT molecular complexity index is 1110. The number of guanidine groups is 1. The third-order valence-corrected chi connectivity index (χ3v) is 7.02. The fraction of sp³-hybridized carbons (Fsp3) is 0.613. The van der Waals surface area contributed by atoms with Gasteiger partial charge in [0.05, 0.1) is 6.54 Å². The van der Waals surface area contributed by atoms with Crippen LogP contribution in [0.3, 0.4) is 0 Å². The monoisotopic (exact) mass is 616 g/mol. The Hall–Kier alpha value is -4.16. The Balaban J connectivity index is 0.00000474. The zero-order valence-electron chi connectivity index (χ0n) is 26.8. The molecule has 13 nitrogen and oxygen atoms in total. The summed E-state index contributed by atoms with van der Waals surface area (Å²) in [6, 6.07) is 6.88. The Labute approximate surface area is 261 Å². The molecule has 0 bridgehead atoms. The van der Waals surface area contributed by atoms with Crippen molar-refractivity contribution in [3.63, 3.8) is 0 Å². The molecule has 0 radical (unpaired) electrons. The summed E-state index contributed by atoms with van der Waals surface area (Å²) in [7, 11) is 0. The number of carbonyl (C=O) groups excluding carboxylic acids is 5. The van der Waals surface area contributed by atoms with Gasteiger partial charge in [-0.1, -0.05) is 77.3 Å². The molecular weight excluding hydrogens is 564 g/mol. The van der Waals surface area contributed by atoms with Crippen LogP contribution >= 0.6 is 0 Å². The van der Waals surface area contributed by atoms with E-state index in [1.165, 1.54) is 0 Å². The number of hydrogen-bond acceptors (Lipinski definition) is 6. The number of nitrogens with two attached hydrogens (primary N) is 2. The number of rotatable bonds is 7. The van der Waals surface area contributed by atoms with Crippen molar-refractivity contribution in [1.82, 2.24) is 26.6 Å². The van der Waals surface area contributed by atoms with Gasteiger partial charge in [0.2, 0.25) is 29.5 Å². The molecular formula is C31H52N8O5. The fourth-order valence-electron chi connectivity index (χ4n) is 4.46. The van der Waals surface area contributed by atoms with Gasteiger partial charge in [0.1, 0.15) is 17.6 Å². The number of benzene rings is 1. The van der Waals surface area contributed by atoms with Gasteiger partial charge in [-0.15, -0.1) is 0 Å². The molecule has 2 rings (SSSR count). The van der Waals surface area contributed by atoms with Crippen molar-refractivity contribution < 1.29 is 24.0 Å². The van der Waals surface area contributed by atoms with Crippen LogP contribution in [0.5, 0.6) is 0 Å². The van der Waals surface area contributed by atoms with Gasteiger partial charge in [0.15, 0.2) is 5.96 Å². The van der Waals surface area contributed by atoms with Crippen molar-refractivity contribution in [3.05, 3.63) is 35.9 Å². The lowest BCUT2D eigenvalue weighted by molar-refractivity contribution is -0.137. The molecule has 9 N–H and O–H groups in total. The summed E-state index contributed by atoms with van der Waals surface area (Å²) in [5.41, 5.74) is 10.1. The minimum absolute atomic E-state index is 0.0918. The summed E-state index contributed by atoms with van der Waals surface area (Å²) in [5.74, 6) is -2.74. The number of nitrogens with one attached hydrogen (secondary N) is 5. The molecule has 1 aromatic carbocycles. The van der Waals surface area contributed by atoms with Gasteiger partial charge in [-0.05, 0) is 38.2 Å². The first-order chi connectivity index (χ1) is 20.9. The molecule has 13 heteroatoms. The molecule has 0 spiro atoms.